The van der Waals surface area contributed by atoms with Crippen LogP contribution in [0.2, 0.25) is 0 Å². The van der Waals surface area contributed by atoms with Crippen LogP contribution in [0.15, 0.2) is 24.4 Å². The molecule has 0 radical (unpaired) electrons. The van der Waals surface area contributed by atoms with Crippen LogP contribution in [0.4, 0.5) is 17.6 Å². The first-order valence-corrected chi connectivity index (χ1v) is 5.85. The fourth-order valence-corrected chi connectivity index (χ4v) is 1.66. The Morgan fingerprint density at radius 2 is 1.95 bits per heavy atom. The van der Waals surface area contributed by atoms with Crippen molar-refractivity contribution in [3.05, 3.63) is 35.9 Å². The lowest BCUT2D eigenvalue weighted by Gasteiger charge is -2.15. The summed E-state index contributed by atoms with van der Waals surface area (Å²) in [6.45, 7) is -1.40. The molecule has 1 unspecified atom stereocenters. The summed E-state index contributed by atoms with van der Waals surface area (Å²) < 4.78 is 50.6. The third kappa shape index (κ3) is 3.56. The Labute approximate surface area is 116 Å². The van der Waals surface area contributed by atoms with Crippen molar-refractivity contribution in [3.8, 4) is 11.4 Å². The zero-order valence-electron chi connectivity index (χ0n) is 10.5. The van der Waals surface area contributed by atoms with Crippen molar-refractivity contribution >= 4 is 0 Å². The minimum atomic E-state index is -4.78. The van der Waals surface area contributed by atoms with Gasteiger partial charge in [-0.1, -0.05) is 0 Å². The molecule has 0 aliphatic heterocycles. The summed E-state index contributed by atoms with van der Waals surface area (Å²) in [6, 6.07) is 3.76. The summed E-state index contributed by atoms with van der Waals surface area (Å²) in [5.74, 6) is -0.562. The maximum atomic E-state index is 12.8. The highest BCUT2D eigenvalue weighted by atomic mass is 19.4. The number of pyridine rings is 1. The molecule has 0 saturated heterocycles. The Kier molecular flexibility index (Phi) is 4.24. The molecule has 5 nitrogen and oxygen atoms in total. The number of halogens is 4. The monoisotopic (exact) mass is 305 g/mol. The van der Waals surface area contributed by atoms with E-state index in [0.29, 0.717) is 0 Å². The summed E-state index contributed by atoms with van der Waals surface area (Å²) in [6.07, 6.45) is -6.44. The van der Waals surface area contributed by atoms with Crippen molar-refractivity contribution in [3.63, 3.8) is 0 Å². The van der Waals surface area contributed by atoms with Gasteiger partial charge >= 0.3 is 6.18 Å². The molecule has 2 N–H and O–H groups in total. The largest absolute Gasteiger partial charge is 0.416 e. The van der Waals surface area contributed by atoms with Crippen LogP contribution in [-0.2, 0) is 13.2 Å². The van der Waals surface area contributed by atoms with Crippen molar-refractivity contribution in [2.45, 2.75) is 25.4 Å². The molecule has 0 saturated carbocycles. The molecule has 114 valence electrons. The third-order valence-corrected chi connectivity index (χ3v) is 2.74. The highest BCUT2D eigenvalue weighted by Crippen LogP contribution is 2.23. The summed E-state index contributed by atoms with van der Waals surface area (Å²) in [4.78, 5) is 3.75. The van der Waals surface area contributed by atoms with E-state index < -0.39 is 31.2 Å². The zero-order valence-corrected chi connectivity index (χ0v) is 10.5. The molecule has 21 heavy (non-hydrogen) atoms. The van der Waals surface area contributed by atoms with Gasteiger partial charge in [-0.15, -0.1) is 0 Å². The lowest BCUT2D eigenvalue weighted by Crippen LogP contribution is -2.33. The molecule has 2 aromatic heterocycles. The first-order chi connectivity index (χ1) is 9.81. The van der Waals surface area contributed by atoms with Gasteiger partial charge in [-0.25, -0.2) is 4.39 Å². The number of aromatic nitrogens is 3. The minimum absolute atomic E-state index is 0.0828. The molecule has 9 heteroatoms. The molecule has 1 atom stereocenters. The van der Waals surface area contributed by atoms with Gasteiger partial charge in [0.05, 0.1) is 30.7 Å². The molecule has 2 heterocycles. The van der Waals surface area contributed by atoms with E-state index in [2.05, 4.69) is 10.1 Å². The Balaban J connectivity index is 2.29. The maximum Gasteiger partial charge on any atom is 0.416 e. The average molecular weight is 305 g/mol. The van der Waals surface area contributed by atoms with Gasteiger partial charge in [-0.05, 0) is 18.2 Å². The van der Waals surface area contributed by atoms with Gasteiger partial charge in [-0.3, -0.25) is 9.67 Å². The first-order valence-electron chi connectivity index (χ1n) is 5.85. The van der Waals surface area contributed by atoms with Gasteiger partial charge in [0.25, 0.3) is 0 Å². The van der Waals surface area contributed by atoms with E-state index in [9.17, 15) is 17.6 Å². The predicted molar refractivity (Wildman–Crippen MR) is 63.4 cm³/mol. The van der Waals surface area contributed by atoms with Crippen LogP contribution in [-0.4, -0.2) is 37.3 Å². The van der Waals surface area contributed by atoms with Crippen LogP contribution in [0.1, 0.15) is 5.69 Å². The molecule has 0 aliphatic rings. The Morgan fingerprint density at radius 3 is 2.48 bits per heavy atom. The minimum Gasteiger partial charge on any atom is -0.390 e. The standard InChI is InChI=1S/C12H11F4N3O2/c13-7-1-2-9(17-4-7)10-3-8(6-20)19(18-10)5-11(21)12(14,15)16/h1-4,11,20-21H,5-6H2. The molecule has 0 spiro atoms. The molecule has 0 amide bonds. The van der Waals surface area contributed by atoms with Gasteiger partial charge in [0.15, 0.2) is 6.10 Å². The van der Waals surface area contributed by atoms with Crippen LogP contribution < -0.4 is 0 Å². The summed E-state index contributed by atoms with van der Waals surface area (Å²) in [5.41, 5.74) is 0.499. The second kappa shape index (κ2) is 5.78. The highest BCUT2D eigenvalue weighted by Gasteiger charge is 2.38. The van der Waals surface area contributed by atoms with E-state index in [1.165, 1.54) is 12.1 Å². The molecule has 2 aromatic rings. The number of hydrogen-bond donors (Lipinski definition) is 2. The van der Waals surface area contributed by atoms with Gasteiger partial charge < -0.3 is 10.2 Å². The zero-order chi connectivity index (χ0) is 15.6. The highest BCUT2D eigenvalue weighted by molar-refractivity contribution is 5.53. The van der Waals surface area contributed by atoms with E-state index in [1.807, 2.05) is 0 Å². The molecular weight excluding hydrogens is 294 g/mol. The van der Waals surface area contributed by atoms with Gasteiger partial charge in [0.2, 0.25) is 0 Å². The number of hydrogen-bond acceptors (Lipinski definition) is 4. The number of alkyl halides is 3. The lowest BCUT2D eigenvalue weighted by atomic mass is 10.2. The van der Waals surface area contributed by atoms with E-state index in [-0.39, 0.29) is 17.1 Å². The van der Waals surface area contributed by atoms with Gasteiger partial charge in [-0.2, -0.15) is 18.3 Å². The molecule has 0 fully saturated rings. The molecule has 2 rings (SSSR count). The number of aliphatic hydroxyl groups is 2. The second-order valence-corrected chi connectivity index (χ2v) is 4.28. The lowest BCUT2D eigenvalue weighted by molar-refractivity contribution is -0.208. The molecular formula is C12H11F4N3O2. The Morgan fingerprint density at radius 1 is 1.24 bits per heavy atom. The molecule has 0 aliphatic carbocycles. The van der Waals surface area contributed by atoms with E-state index in [4.69, 9.17) is 10.2 Å². The van der Waals surface area contributed by atoms with Gasteiger partial charge in [0.1, 0.15) is 11.5 Å². The smallest absolute Gasteiger partial charge is 0.390 e. The fourth-order valence-electron chi connectivity index (χ4n) is 1.66. The number of nitrogens with zero attached hydrogens (tertiary/aromatic N) is 3. The molecule has 0 aromatic carbocycles. The first kappa shape index (κ1) is 15.4. The van der Waals surface area contributed by atoms with Crippen molar-refractivity contribution in [2.24, 2.45) is 0 Å². The van der Waals surface area contributed by atoms with E-state index >= 15 is 0 Å². The van der Waals surface area contributed by atoms with Crippen LogP contribution >= 0.6 is 0 Å². The quantitative estimate of drug-likeness (QED) is 0.840. The second-order valence-electron chi connectivity index (χ2n) is 4.28. The van der Waals surface area contributed by atoms with E-state index in [1.54, 1.807) is 0 Å². The van der Waals surface area contributed by atoms with Crippen LogP contribution in [0.25, 0.3) is 11.4 Å². The summed E-state index contributed by atoms with van der Waals surface area (Å²) in [5, 5.41) is 22.0. The fraction of sp³-hybridized carbons (Fsp3) is 0.333. The van der Waals surface area contributed by atoms with Crippen molar-refractivity contribution in [1.82, 2.24) is 14.8 Å². The van der Waals surface area contributed by atoms with Crippen molar-refractivity contribution in [1.29, 1.82) is 0 Å². The summed E-state index contributed by atoms with van der Waals surface area (Å²) in [7, 11) is 0. The third-order valence-electron chi connectivity index (χ3n) is 2.74. The molecule has 0 bridgehead atoms. The van der Waals surface area contributed by atoms with E-state index in [0.717, 1.165) is 16.9 Å². The maximum absolute atomic E-state index is 12.8. The van der Waals surface area contributed by atoms with Crippen LogP contribution in [0.5, 0.6) is 0 Å². The Hall–Kier alpha value is -2.00. The van der Waals surface area contributed by atoms with Gasteiger partial charge in [0, 0.05) is 0 Å². The normalized spacial score (nSPS) is 13.4. The summed E-state index contributed by atoms with van der Waals surface area (Å²) >= 11 is 0. The predicted octanol–water partition coefficient (Wildman–Crippen LogP) is 1.50. The van der Waals surface area contributed by atoms with Crippen molar-refractivity contribution < 1.29 is 27.8 Å². The number of aliphatic hydroxyl groups excluding tert-OH is 2. The number of rotatable bonds is 4. The van der Waals surface area contributed by atoms with Crippen LogP contribution in [0.3, 0.4) is 0 Å². The van der Waals surface area contributed by atoms with Crippen molar-refractivity contribution in [2.75, 3.05) is 0 Å². The Bertz CT molecular complexity index is 610. The average Bonchev–Trinajstić information content (AvgIpc) is 2.81. The van der Waals surface area contributed by atoms with Crippen LogP contribution in [0, 0.1) is 5.82 Å². The SMILES string of the molecule is OCc1cc(-c2ccc(F)cn2)nn1CC(O)C(F)(F)F. The topological polar surface area (TPSA) is 71.2 Å².